The number of aromatic nitrogens is 2. The molecule has 1 aliphatic rings. The molecule has 0 aromatic carbocycles. The second-order valence-electron chi connectivity index (χ2n) is 3.34. The lowest BCUT2D eigenvalue weighted by atomic mass is 10.2. The van der Waals surface area contributed by atoms with Crippen LogP contribution in [0.4, 0.5) is 5.95 Å². The molecule has 64 valence electrons. The molecular weight excluding hydrogens is 150 g/mol. The van der Waals surface area contributed by atoms with Gasteiger partial charge in [0.05, 0.1) is 0 Å². The fourth-order valence-corrected chi connectivity index (χ4v) is 1.29. The van der Waals surface area contributed by atoms with Crippen molar-refractivity contribution in [2.24, 2.45) is 5.92 Å². The van der Waals surface area contributed by atoms with Crippen LogP contribution in [0.2, 0.25) is 0 Å². The van der Waals surface area contributed by atoms with E-state index in [0.717, 1.165) is 11.9 Å². The Morgan fingerprint density at radius 2 is 2.08 bits per heavy atom. The Kier molecular flexibility index (Phi) is 1.94. The van der Waals surface area contributed by atoms with Gasteiger partial charge in [0.2, 0.25) is 5.95 Å². The molecular formula is C9H13N3. The Balaban J connectivity index is 1.94. The van der Waals surface area contributed by atoms with Crippen LogP contribution in [0.3, 0.4) is 0 Å². The maximum absolute atomic E-state index is 4.11. The Hall–Kier alpha value is -1.12. The van der Waals surface area contributed by atoms with E-state index in [1.807, 2.05) is 6.07 Å². The summed E-state index contributed by atoms with van der Waals surface area (Å²) in [4.78, 5) is 8.21. The molecule has 1 atom stereocenters. The zero-order chi connectivity index (χ0) is 8.39. The van der Waals surface area contributed by atoms with Crippen molar-refractivity contribution in [2.45, 2.75) is 25.8 Å². The Morgan fingerprint density at radius 1 is 1.42 bits per heavy atom. The topological polar surface area (TPSA) is 37.8 Å². The van der Waals surface area contributed by atoms with Gasteiger partial charge in [-0.15, -0.1) is 0 Å². The van der Waals surface area contributed by atoms with E-state index in [0.29, 0.717) is 6.04 Å². The van der Waals surface area contributed by atoms with Crippen molar-refractivity contribution in [2.75, 3.05) is 5.32 Å². The Bertz CT molecular complexity index is 243. The summed E-state index contributed by atoms with van der Waals surface area (Å²) < 4.78 is 0. The highest BCUT2D eigenvalue weighted by Gasteiger charge is 2.27. The summed E-state index contributed by atoms with van der Waals surface area (Å²) in [5.41, 5.74) is 0. The molecule has 0 bridgehead atoms. The normalized spacial score (nSPS) is 18.8. The minimum atomic E-state index is 0.521. The van der Waals surface area contributed by atoms with Crippen LogP contribution in [0.5, 0.6) is 0 Å². The molecule has 0 spiro atoms. The Morgan fingerprint density at radius 3 is 2.67 bits per heavy atom. The minimum absolute atomic E-state index is 0.521. The first-order valence-electron chi connectivity index (χ1n) is 4.40. The highest BCUT2D eigenvalue weighted by Crippen LogP contribution is 2.33. The molecule has 3 heteroatoms. The van der Waals surface area contributed by atoms with Crippen molar-refractivity contribution >= 4 is 5.95 Å². The molecule has 1 fully saturated rings. The quantitative estimate of drug-likeness (QED) is 0.736. The van der Waals surface area contributed by atoms with Crippen molar-refractivity contribution in [1.29, 1.82) is 0 Å². The van der Waals surface area contributed by atoms with Crippen LogP contribution < -0.4 is 5.32 Å². The van der Waals surface area contributed by atoms with Crippen molar-refractivity contribution in [3.63, 3.8) is 0 Å². The molecule has 12 heavy (non-hydrogen) atoms. The average molecular weight is 163 g/mol. The number of nitrogens with one attached hydrogen (secondary N) is 1. The molecule has 0 saturated heterocycles. The molecule has 0 aliphatic heterocycles. The average Bonchev–Trinajstić information content (AvgIpc) is 2.88. The van der Waals surface area contributed by atoms with E-state index in [2.05, 4.69) is 22.2 Å². The second-order valence-corrected chi connectivity index (χ2v) is 3.34. The SMILES string of the molecule is CC(Nc1ncccn1)C1CC1. The first kappa shape index (κ1) is 7.53. The fourth-order valence-electron chi connectivity index (χ4n) is 1.29. The third kappa shape index (κ3) is 1.72. The number of nitrogens with zero attached hydrogens (tertiary/aromatic N) is 2. The van der Waals surface area contributed by atoms with Crippen LogP contribution in [0.1, 0.15) is 19.8 Å². The molecule has 1 aliphatic carbocycles. The molecule has 1 aromatic heterocycles. The van der Waals surface area contributed by atoms with Gasteiger partial charge in [0.25, 0.3) is 0 Å². The number of rotatable bonds is 3. The maximum atomic E-state index is 4.11. The van der Waals surface area contributed by atoms with Crippen LogP contribution >= 0.6 is 0 Å². The maximum Gasteiger partial charge on any atom is 0.222 e. The van der Waals surface area contributed by atoms with Crippen molar-refractivity contribution in [3.05, 3.63) is 18.5 Å². The van der Waals surface area contributed by atoms with Crippen LogP contribution in [0.15, 0.2) is 18.5 Å². The summed E-state index contributed by atoms with van der Waals surface area (Å²) in [5.74, 6) is 1.59. The molecule has 0 amide bonds. The zero-order valence-corrected chi connectivity index (χ0v) is 7.20. The van der Waals surface area contributed by atoms with E-state index in [4.69, 9.17) is 0 Å². The summed E-state index contributed by atoms with van der Waals surface area (Å²) in [7, 11) is 0. The van der Waals surface area contributed by atoms with Gasteiger partial charge in [-0.3, -0.25) is 0 Å². The molecule has 0 radical (unpaired) electrons. The van der Waals surface area contributed by atoms with Crippen molar-refractivity contribution in [3.8, 4) is 0 Å². The number of hydrogen-bond donors (Lipinski definition) is 1. The van der Waals surface area contributed by atoms with Crippen LogP contribution in [-0.4, -0.2) is 16.0 Å². The predicted molar refractivity (Wildman–Crippen MR) is 47.8 cm³/mol. The molecule has 3 nitrogen and oxygen atoms in total. The first-order chi connectivity index (χ1) is 5.86. The van der Waals surface area contributed by atoms with E-state index in [9.17, 15) is 0 Å². The van der Waals surface area contributed by atoms with Crippen LogP contribution in [0, 0.1) is 5.92 Å². The van der Waals surface area contributed by atoms with Crippen molar-refractivity contribution < 1.29 is 0 Å². The van der Waals surface area contributed by atoms with Gasteiger partial charge in [-0.05, 0) is 31.7 Å². The smallest absolute Gasteiger partial charge is 0.222 e. The van der Waals surface area contributed by atoms with Crippen molar-refractivity contribution in [1.82, 2.24) is 9.97 Å². The van der Waals surface area contributed by atoms with Gasteiger partial charge in [-0.1, -0.05) is 0 Å². The molecule has 1 saturated carbocycles. The molecule has 1 heterocycles. The summed E-state index contributed by atoms with van der Waals surface area (Å²) >= 11 is 0. The fraction of sp³-hybridized carbons (Fsp3) is 0.556. The summed E-state index contributed by atoms with van der Waals surface area (Å²) in [6.07, 6.45) is 6.21. The highest BCUT2D eigenvalue weighted by molar-refractivity contribution is 5.24. The van der Waals surface area contributed by atoms with Crippen LogP contribution in [-0.2, 0) is 0 Å². The lowest BCUT2D eigenvalue weighted by Gasteiger charge is -2.11. The monoisotopic (exact) mass is 163 g/mol. The Labute approximate surface area is 72.2 Å². The van der Waals surface area contributed by atoms with Gasteiger partial charge < -0.3 is 5.32 Å². The molecule has 1 unspecified atom stereocenters. The molecule has 1 N–H and O–H groups in total. The standard InChI is InChI=1S/C9H13N3/c1-7(8-3-4-8)12-9-10-5-2-6-11-9/h2,5-8H,3-4H2,1H3,(H,10,11,12). The lowest BCUT2D eigenvalue weighted by molar-refractivity contribution is 0.686. The van der Waals surface area contributed by atoms with Gasteiger partial charge in [0, 0.05) is 18.4 Å². The summed E-state index contributed by atoms with van der Waals surface area (Å²) in [6.45, 7) is 2.19. The number of hydrogen-bond acceptors (Lipinski definition) is 3. The summed E-state index contributed by atoms with van der Waals surface area (Å²) in [5, 5.41) is 3.28. The minimum Gasteiger partial charge on any atom is -0.351 e. The first-order valence-corrected chi connectivity index (χ1v) is 4.40. The van der Waals surface area contributed by atoms with E-state index < -0.39 is 0 Å². The molecule has 2 rings (SSSR count). The second kappa shape index (κ2) is 3.09. The van der Waals surface area contributed by atoms with Gasteiger partial charge >= 0.3 is 0 Å². The van der Waals surface area contributed by atoms with Gasteiger partial charge in [-0.2, -0.15) is 0 Å². The number of anilines is 1. The molecule has 1 aromatic rings. The van der Waals surface area contributed by atoms with E-state index in [1.165, 1.54) is 12.8 Å². The summed E-state index contributed by atoms with van der Waals surface area (Å²) in [6, 6.07) is 2.35. The third-order valence-corrected chi connectivity index (χ3v) is 2.25. The van der Waals surface area contributed by atoms with E-state index >= 15 is 0 Å². The highest BCUT2D eigenvalue weighted by atomic mass is 15.1. The largest absolute Gasteiger partial charge is 0.351 e. The van der Waals surface area contributed by atoms with E-state index in [-0.39, 0.29) is 0 Å². The van der Waals surface area contributed by atoms with E-state index in [1.54, 1.807) is 12.4 Å². The lowest BCUT2D eigenvalue weighted by Crippen LogP contribution is -2.18. The van der Waals surface area contributed by atoms with Gasteiger partial charge in [-0.25, -0.2) is 9.97 Å². The zero-order valence-electron chi connectivity index (χ0n) is 7.20. The van der Waals surface area contributed by atoms with Gasteiger partial charge in [0.15, 0.2) is 0 Å². The predicted octanol–water partition coefficient (Wildman–Crippen LogP) is 1.69. The van der Waals surface area contributed by atoms with Crippen LogP contribution in [0.25, 0.3) is 0 Å². The third-order valence-electron chi connectivity index (χ3n) is 2.25. The van der Waals surface area contributed by atoms with Gasteiger partial charge in [0.1, 0.15) is 0 Å².